The molecule has 0 unspecified atom stereocenters. The van der Waals surface area contributed by atoms with E-state index >= 15 is 0 Å². The molecule has 1 N–H and O–H groups in total. The molecule has 0 aliphatic rings. The third-order valence-corrected chi connectivity index (χ3v) is 7.19. The lowest BCUT2D eigenvalue weighted by Crippen LogP contribution is -2.25. The van der Waals surface area contributed by atoms with Crippen molar-refractivity contribution in [2.75, 3.05) is 6.54 Å². The lowest BCUT2D eigenvalue weighted by Gasteiger charge is -2.11. The second-order valence-corrected chi connectivity index (χ2v) is 9.91. The van der Waals surface area contributed by atoms with Crippen LogP contribution in [0.5, 0.6) is 5.75 Å². The van der Waals surface area contributed by atoms with E-state index in [0.717, 1.165) is 47.4 Å². The lowest BCUT2D eigenvalue weighted by molar-refractivity contribution is 0.0954. The van der Waals surface area contributed by atoms with E-state index in [2.05, 4.69) is 70.5 Å². The number of amides is 1. The first-order chi connectivity index (χ1) is 19.7. The molecule has 40 heavy (non-hydrogen) atoms. The van der Waals surface area contributed by atoms with Crippen LogP contribution in [0.25, 0.3) is 21.8 Å². The van der Waals surface area contributed by atoms with E-state index < -0.39 is 0 Å². The molecule has 0 fully saturated rings. The fraction of sp³-hybridized carbons (Fsp3) is 0.143. The molecule has 0 bridgehead atoms. The van der Waals surface area contributed by atoms with Crippen molar-refractivity contribution in [2.45, 2.75) is 26.0 Å². The molecule has 198 valence electrons. The summed E-state index contributed by atoms with van der Waals surface area (Å²) in [4.78, 5) is 17.9. The van der Waals surface area contributed by atoms with Crippen molar-refractivity contribution in [3.63, 3.8) is 0 Å². The number of hydrogen-bond donors (Lipinski definition) is 1. The summed E-state index contributed by atoms with van der Waals surface area (Å²) in [5.41, 5.74) is 4.86. The number of imidazole rings is 1. The van der Waals surface area contributed by atoms with Gasteiger partial charge < -0.3 is 14.6 Å². The van der Waals surface area contributed by atoms with Gasteiger partial charge in [-0.15, -0.1) is 0 Å². The molecule has 1 heterocycles. The van der Waals surface area contributed by atoms with Crippen molar-refractivity contribution in [2.24, 2.45) is 0 Å². The molecule has 6 rings (SSSR count). The third kappa shape index (κ3) is 5.89. The molecule has 0 radical (unpaired) electrons. The Morgan fingerprint density at radius 1 is 0.725 bits per heavy atom. The number of nitrogens with zero attached hydrogens (tertiary/aromatic N) is 2. The summed E-state index contributed by atoms with van der Waals surface area (Å²) in [5, 5.41) is 5.36. The maximum absolute atomic E-state index is 12.9. The Bertz CT molecular complexity index is 1740. The van der Waals surface area contributed by atoms with E-state index in [0.29, 0.717) is 18.7 Å². The quantitative estimate of drug-likeness (QED) is 0.210. The average Bonchev–Trinajstić information content (AvgIpc) is 3.36. The highest BCUT2D eigenvalue weighted by Gasteiger charge is 2.15. The number of nitrogens with one attached hydrogen (secondary N) is 1. The van der Waals surface area contributed by atoms with Gasteiger partial charge in [0.05, 0.1) is 11.0 Å². The van der Waals surface area contributed by atoms with Crippen LogP contribution in [0.3, 0.4) is 0 Å². The van der Waals surface area contributed by atoms with Crippen LogP contribution in [0.15, 0.2) is 121 Å². The molecule has 5 nitrogen and oxygen atoms in total. The summed E-state index contributed by atoms with van der Waals surface area (Å²) in [6.07, 6.45) is 1.66. The SMILES string of the molecule is O=C(NCCc1ccccc1)c1ccc2c(c1)nc(COc1ccc3ccccc3c1)n2CCc1ccccc1. The largest absolute Gasteiger partial charge is 0.486 e. The number of fused-ring (bicyclic) bond motifs is 2. The predicted octanol–water partition coefficient (Wildman–Crippen LogP) is 6.98. The number of carbonyl (C=O) groups excluding carboxylic acids is 1. The average molecular weight is 526 g/mol. The zero-order valence-corrected chi connectivity index (χ0v) is 22.3. The van der Waals surface area contributed by atoms with Crippen molar-refractivity contribution in [3.05, 3.63) is 144 Å². The number of aromatic nitrogens is 2. The summed E-state index contributed by atoms with van der Waals surface area (Å²) in [7, 11) is 0. The van der Waals surface area contributed by atoms with Crippen LogP contribution in [0.4, 0.5) is 0 Å². The number of rotatable bonds is 10. The lowest BCUT2D eigenvalue weighted by atomic mass is 10.1. The van der Waals surface area contributed by atoms with Gasteiger partial charge in [0.15, 0.2) is 0 Å². The van der Waals surface area contributed by atoms with Crippen molar-refractivity contribution >= 4 is 27.7 Å². The highest BCUT2D eigenvalue weighted by Crippen LogP contribution is 2.24. The second kappa shape index (κ2) is 11.9. The first kappa shape index (κ1) is 25.4. The molecule has 0 saturated carbocycles. The second-order valence-electron chi connectivity index (χ2n) is 9.91. The Hall–Kier alpha value is -4.90. The van der Waals surface area contributed by atoms with Gasteiger partial charge in [-0.3, -0.25) is 4.79 Å². The van der Waals surface area contributed by atoms with Gasteiger partial charge in [0.2, 0.25) is 0 Å². The number of hydrogen-bond acceptors (Lipinski definition) is 3. The summed E-state index contributed by atoms with van der Waals surface area (Å²) in [5.74, 6) is 1.55. The molecular formula is C35H31N3O2. The van der Waals surface area contributed by atoms with E-state index in [4.69, 9.17) is 9.72 Å². The molecule has 0 atom stereocenters. The number of ether oxygens (including phenoxy) is 1. The Labute approximate surface area is 234 Å². The minimum Gasteiger partial charge on any atom is -0.486 e. The normalized spacial score (nSPS) is 11.1. The molecule has 0 saturated heterocycles. The zero-order chi connectivity index (χ0) is 27.1. The number of benzene rings is 5. The molecule has 0 aliphatic carbocycles. The molecule has 5 heteroatoms. The summed E-state index contributed by atoms with van der Waals surface area (Å²) in [6, 6.07) is 40.8. The Morgan fingerprint density at radius 3 is 2.20 bits per heavy atom. The van der Waals surface area contributed by atoms with Crippen LogP contribution in [0.1, 0.15) is 27.3 Å². The zero-order valence-electron chi connectivity index (χ0n) is 22.3. The molecule has 0 spiro atoms. The van der Waals surface area contributed by atoms with E-state index in [1.165, 1.54) is 16.5 Å². The fourth-order valence-corrected chi connectivity index (χ4v) is 5.04. The minimum atomic E-state index is -0.0920. The minimum absolute atomic E-state index is 0.0920. The molecular weight excluding hydrogens is 494 g/mol. The third-order valence-electron chi connectivity index (χ3n) is 7.19. The van der Waals surface area contributed by atoms with Crippen LogP contribution in [0, 0.1) is 0 Å². The Balaban J connectivity index is 1.22. The van der Waals surface area contributed by atoms with Gasteiger partial charge in [-0.25, -0.2) is 4.98 Å². The summed E-state index contributed by atoms with van der Waals surface area (Å²) >= 11 is 0. The van der Waals surface area contributed by atoms with Gasteiger partial charge in [-0.2, -0.15) is 0 Å². The first-order valence-electron chi connectivity index (χ1n) is 13.7. The van der Waals surface area contributed by atoms with E-state index in [-0.39, 0.29) is 5.91 Å². The summed E-state index contributed by atoms with van der Waals surface area (Å²) < 4.78 is 8.44. The van der Waals surface area contributed by atoms with Crippen LogP contribution in [0.2, 0.25) is 0 Å². The van der Waals surface area contributed by atoms with Crippen LogP contribution < -0.4 is 10.1 Å². The molecule has 1 amide bonds. The van der Waals surface area contributed by atoms with Crippen LogP contribution in [-0.4, -0.2) is 22.0 Å². The topological polar surface area (TPSA) is 56.1 Å². The van der Waals surface area contributed by atoms with Crippen molar-refractivity contribution in [1.29, 1.82) is 0 Å². The molecule has 5 aromatic carbocycles. The highest BCUT2D eigenvalue weighted by atomic mass is 16.5. The van der Waals surface area contributed by atoms with Gasteiger partial charge in [-0.1, -0.05) is 91.0 Å². The monoisotopic (exact) mass is 525 g/mol. The highest BCUT2D eigenvalue weighted by molar-refractivity contribution is 5.97. The number of aryl methyl sites for hydroxylation is 2. The van der Waals surface area contributed by atoms with E-state index in [1.54, 1.807) is 0 Å². The standard InChI is InChI=1S/C35H31N3O2/c39-35(36-21-19-26-9-3-1-4-10-26)30-16-18-33-32(24-30)37-34(38(33)22-20-27-11-5-2-6-12-27)25-40-31-17-15-28-13-7-8-14-29(28)23-31/h1-18,23-24H,19-22,25H2,(H,36,39). The predicted molar refractivity (Wildman–Crippen MR) is 161 cm³/mol. The van der Waals surface area contributed by atoms with Gasteiger partial charge in [-0.05, 0) is 65.1 Å². The first-order valence-corrected chi connectivity index (χ1v) is 13.7. The van der Waals surface area contributed by atoms with Crippen molar-refractivity contribution in [1.82, 2.24) is 14.9 Å². The van der Waals surface area contributed by atoms with Crippen LogP contribution in [-0.2, 0) is 26.0 Å². The van der Waals surface area contributed by atoms with E-state index in [1.807, 2.05) is 60.7 Å². The fourth-order valence-electron chi connectivity index (χ4n) is 5.04. The van der Waals surface area contributed by atoms with E-state index in [9.17, 15) is 4.79 Å². The number of carbonyl (C=O) groups is 1. The van der Waals surface area contributed by atoms with Gasteiger partial charge in [0, 0.05) is 18.7 Å². The maximum atomic E-state index is 12.9. The smallest absolute Gasteiger partial charge is 0.251 e. The van der Waals surface area contributed by atoms with Crippen molar-refractivity contribution in [3.8, 4) is 5.75 Å². The summed E-state index contributed by atoms with van der Waals surface area (Å²) in [6.45, 7) is 1.68. The molecule has 0 aliphatic heterocycles. The van der Waals surface area contributed by atoms with Crippen LogP contribution >= 0.6 is 0 Å². The van der Waals surface area contributed by atoms with Gasteiger partial charge in [0.1, 0.15) is 18.2 Å². The van der Waals surface area contributed by atoms with Gasteiger partial charge in [0.25, 0.3) is 5.91 Å². The Kier molecular flexibility index (Phi) is 7.53. The maximum Gasteiger partial charge on any atom is 0.251 e. The van der Waals surface area contributed by atoms with Crippen molar-refractivity contribution < 1.29 is 9.53 Å². The van der Waals surface area contributed by atoms with Gasteiger partial charge >= 0.3 is 0 Å². The Morgan fingerprint density at radius 2 is 1.43 bits per heavy atom. The molecule has 6 aromatic rings. The molecule has 1 aromatic heterocycles.